The van der Waals surface area contributed by atoms with Crippen LogP contribution in [0.25, 0.3) is 0 Å². The normalized spacial score (nSPS) is 16.9. The summed E-state index contributed by atoms with van der Waals surface area (Å²) in [4.78, 5) is 22.2. The first-order chi connectivity index (χ1) is 14.1. The van der Waals surface area contributed by atoms with Crippen molar-refractivity contribution >= 4 is 5.91 Å². The van der Waals surface area contributed by atoms with Crippen molar-refractivity contribution in [1.82, 2.24) is 24.6 Å². The minimum Gasteiger partial charge on any atom is -0.377 e. The molecule has 7 heteroatoms. The third-order valence-electron chi connectivity index (χ3n) is 5.53. The van der Waals surface area contributed by atoms with Crippen molar-refractivity contribution in [1.29, 1.82) is 0 Å². The van der Waals surface area contributed by atoms with Crippen LogP contribution in [0.4, 0.5) is 0 Å². The second kappa shape index (κ2) is 8.61. The maximum atomic E-state index is 13.0. The molecule has 0 aliphatic carbocycles. The zero-order valence-electron chi connectivity index (χ0n) is 17.0. The molecule has 1 N–H and O–H groups in total. The van der Waals surface area contributed by atoms with Crippen LogP contribution in [0.3, 0.4) is 0 Å². The Hall–Kier alpha value is -2.93. The summed E-state index contributed by atoms with van der Waals surface area (Å²) in [7, 11) is 0. The highest BCUT2D eigenvalue weighted by molar-refractivity contribution is 5.77. The Morgan fingerprint density at radius 1 is 1.28 bits per heavy atom. The first kappa shape index (κ1) is 19.4. The van der Waals surface area contributed by atoms with Gasteiger partial charge in [0.1, 0.15) is 5.82 Å². The summed E-state index contributed by atoms with van der Waals surface area (Å²) in [6.07, 6.45) is 4.54. The maximum absolute atomic E-state index is 13.0. The Bertz CT molecular complexity index is 949. The molecule has 1 amide bonds. The van der Waals surface area contributed by atoms with Crippen LogP contribution >= 0.6 is 0 Å². The molecule has 7 nitrogen and oxygen atoms in total. The van der Waals surface area contributed by atoms with Gasteiger partial charge in [-0.15, -0.1) is 0 Å². The maximum Gasteiger partial charge on any atom is 0.223 e. The fourth-order valence-electron chi connectivity index (χ4n) is 4.05. The van der Waals surface area contributed by atoms with Gasteiger partial charge in [-0.3, -0.25) is 9.48 Å². The smallest absolute Gasteiger partial charge is 0.223 e. The zero-order chi connectivity index (χ0) is 20.2. The molecule has 1 saturated heterocycles. The van der Waals surface area contributed by atoms with E-state index in [9.17, 15) is 4.79 Å². The van der Waals surface area contributed by atoms with Crippen molar-refractivity contribution in [2.24, 2.45) is 0 Å². The molecular formula is C22H27N5O2. The average molecular weight is 393 g/mol. The van der Waals surface area contributed by atoms with E-state index in [1.807, 2.05) is 34.7 Å². The van der Waals surface area contributed by atoms with Crippen molar-refractivity contribution in [2.45, 2.75) is 39.3 Å². The number of carbonyl (C=O) groups is 1. The molecule has 1 aliphatic rings. The summed E-state index contributed by atoms with van der Waals surface area (Å²) in [6, 6.07) is 10.2. The molecule has 0 saturated carbocycles. The summed E-state index contributed by atoms with van der Waals surface area (Å²) >= 11 is 0. The highest BCUT2D eigenvalue weighted by atomic mass is 16.5. The number of imidazole rings is 1. The molecule has 0 spiro atoms. The Morgan fingerprint density at radius 3 is 2.86 bits per heavy atom. The SMILES string of the molecule is Cc1nn(Cc2ccccc2)c(C)c1C1COCCN1C(=O)CCc1ncc[nH]1. The number of carbonyl (C=O) groups excluding carboxylic acids is 1. The quantitative estimate of drug-likeness (QED) is 0.699. The standard InChI is InChI=1S/C22H27N5O2/c1-16-22(17(2)27(25-16)14-18-6-4-3-5-7-18)19-15-29-13-12-26(19)21(28)9-8-20-23-10-11-24-20/h3-7,10-11,19H,8-9,12-15H2,1-2H3,(H,23,24). The van der Waals surface area contributed by atoms with Gasteiger partial charge < -0.3 is 14.6 Å². The number of aromatic nitrogens is 4. The number of rotatable bonds is 6. The van der Waals surface area contributed by atoms with Gasteiger partial charge in [0.15, 0.2) is 0 Å². The van der Waals surface area contributed by atoms with Gasteiger partial charge in [-0.1, -0.05) is 30.3 Å². The van der Waals surface area contributed by atoms with E-state index in [-0.39, 0.29) is 11.9 Å². The van der Waals surface area contributed by atoms with Gasteiger partial charge in [-0.05, 0) is 19.4 Å². The summed E-state index contributed by atoms with van der Waals surface area (Å²) in [5, 5.41) is 4.77. The molecule has 152 valence electrons. The van der Waals surface area contributed by atoms with E-state index in [4.69, 9.17) is 9.84 Å². The number of ether oxygens (including phenoxy) is 1. The van der Waals surface area contributed by atoms with E-state index in [0.717, 1.165) is 22.8 Å². The minimum atomic E-state index is -0.0997. The van der Waals surface area contributed by atoms with E-state index in [1.165, 1.54) is 5.56 Å². The molecule has 1 atom stereocenters. The number of amides is 1. The summed E-state index contributed by atoms with van der Waals surface area (Å²) < 4.78 is 7.78. The number of hydrogen-bond donors (Lipinski definition) is 1. The second-order valence-corrected chi connectivity index (χ2v) is 7.44. The Kier molecular flexibility index (Phi) is 5.76. The van der Waals surface area contributed by atoms with Crippen LogP contribution in [-0.2, 0) is 22.5 Å². The highest BCUT2D eigenvalue weighted by Gasteiger charge is 2.32. The molecule has 0 bridgehead atoms. The van der Waals surface area contributed by atoms with E-state index in [0.29, 0.717) is 39.1 Å². The number of nitrogens with zero attached hydrogens (tertiary/aromatic N) is 4. The highest BCUT2D eigenvalue weighted by Crippen LogP contribution is 2.30. The van der Waals surface area contributed by atoms with Crippen LogP contribution < -0.4 is 0 Å². The number of aryl methyl sites for hydroxylation is 2. The zero-order valence-corrected chi connectivity index (χ0v) is 17.0. The second-order valence-electron chi connectivity index (χ2n) is 7.44. The van der Waals surface area contributed by atoms with Crippen molar-refractivity contribution in [3.05, 3.63) is 71.1 Å². The molecule has 1 aromatic carbocycles. The number of H-pyrrole nitrogens is 1. The van der Waals surface area contributed by atoms with E-state index in [2.05, 4.69) is 29.0 Å². The molecule has 3 aromatic rings. The van der Waals surface area contributed by atoms with Crippen molar-refractivity contribution in [3.63, 3.8) is 0 Å². The van der Waals surface area contributed by atoms with Crippen molar-refractivity contribution in [2.75, 3.05) is 19.8 Å². The number of benzene rings is 1. The van der Waals surface area contributed by atoms with E-state index in [1.54, 1.807) is 12.4 Å². The monoisotopic (exact) mass is 393 g/mol. The lowest BCUT2D eigenvalue weighted by Crippen LogP contribution is -2.44. The van der Waals surface area contributed by atoms with Crippen LogP contribution in [0, 0.1) is 13.8 Å². The van der Waals surface area contributed by atoms with Gasteiger partial charge in [0.2, 0.25) is 5.91 Å². The molecule has 29 heavy (non-hydrogen) atoms. The lowest BCUT2D eigenvalue weighted by Gasteiger charge is -2.36. The first-order valence-corrected chi connectivity index (χ1v) is 10.1. The van der Waals surface area contributed by atoms with Crippen molar-refractivity contribution < 1.29 is 9.53 Å². The fourth-order valence-corrected chi connectivity index (χ4v) is 4.05. The predicted octanol–water partition coefficient (Wildman–Crippen LogP) is 2.80. The molecule has 1 unspecified atom stereocenters. The Balaban J connectivity index is 1.54. The molecule has 4 rings (SSSR count). The van der Waals surface area contributed by atoms with Gasteiger partial charge in [-0.25, -0.2) is 4.98 Å². The molecule has 2 aromatic heterocycles. The van der Waals surface area contributed by atoms with E-state index < -0.39 is 0 Å². The number of morpholine rings is 1. The van der Waals surface area contributed by atoms with Crippen LogP contribution in [0.1, 0.15) is 40.8 Å². The average Bonchev–Trinajstić information content (AvgIpc) is 3.35. The summed E-state index contributed by atoms with van der Waals surface area (Å²) in [5.41, 5.74) is 4.35. The molecule has 3 heterocycles. The fraction of sp³-hybridized carbons (Fsp3) is 0.409. The van der Waals surface area contributed by atoms with Crippen LogP contribution in [-0.4, -0.2) is 50.3 Å². The predicted molar refractivity (Wildman–Crippen MR) is 109 cm³/mol. The van der Waals surface area contributed by atoms with Gasteiger partial charge in [0, 0.05) is 43.0 Å². The van der Waals surface area contributed by atoms with E-state index >= 15 is 0 Å². The topological polar surface area (TPSA) is 76.0 Å². The Labute approximate surface area is 170 Å². The lowest BCUT2D eigenvalue weighted by atomic mass is 10.0. The lowest BCUT2D eigenvalue weighted by molar-refractivity contribution is -0.140. The summed E-state index contributed by atoms with van der Waals surface area (Å²) in [5.74, 6) is 0.968. The third kappa shape index (κ3) is 4.24. The largest absolute Gasteiger partial charge is 0.377 e. The van der Waals surface area contributed by atoms with Gasteiger partial charge >= 0.3 is 0 Å². The number of nitrogens with one attached hydrogen (secondary N) is 1. The molecule has 1 aliphatic heterocycles. The van der Waals surface area contributed by atoms with Crippen LogP contribution in [0.2, 0.25) is 0 Å². The molecule has 0 radical (unpaired) electrons. The minimum absolute atomic E-state index is 0.0997. The van der Waals surface area contributed by atoms with Crippen LogP contribution in [0.5, 0.6) is 0 Å². The number of aromatic amines is 1. The van der Waals surface area contributed by atoms with Gasteiger partial charge in [-0.2, -0.15) is 5.10 Å². The van der Waals surface area contributed by atoms with Gasteiger partial charge in [0.05, 0.1) is 31.5 Å². The number of hydrogen-bond acceptors (Lipinski definition) is 4. The molecular weight excluding hydrogens is 366 g/mol. The summed E-state index contributed by atoms with van der Waals surface area (Å²) in [6.45, 7) is 6.49. The first-order valence-electron chi connectivity index (χ1n) is 10.1. The van der Waals surface area contributed by atoms with Crippen molar-refractivity contribution in [3.8, 4) is 0 Å². The third-order valence-corrected chi connectivity index (χ3v) is 5.53. The molecule has 1 fully saturated rings. The van der Waals surface area contributed by atoms with Crippen LogP contribution in [0.15, 0.2) is 42.7 Å². The Morgan fingerprint density at radius 2 is 2.10 bits per heavy atom. The van der Waals surface area contributed by atoms with Gasteiger partial charge in [0.25, 0.3) is 0 Å².